The molecule has 0 spiro atoms. The Balaban J connectivity index is 0.00000220. The number of methoxy groups -OCH3 is 2. The van der Waals surface area contributed by atoms with Crippen molar-refractivity contribution in [2.24, 2.45) is 0 Å². The first-order chi connectivity index (χ1) is 9.80. The molecule has 0 aliphatic carbocycles. The fourth-order valence-corrected chi connectivity index (χ4v) is 2.90. The van der Waals surface area contributed by atoms with Crippen LogP contribution < -0.4 is 14.8 Å². The Labute approximate surface area is 146 Å². The zero-order valence-electron chi connectivity index (χ0n) is 13.6. The highest BCUT2D eigenvalue weighted by Crippen LogP contribution is 2.35. The molecule has 1 atom stereocenters. The van der Waals surface area contributed by atoms with Gasteiger partial charge in [0.15, 0.2) is 0 Å². The van der Waals surface area contributed by atoms with Crippen LogP contribution in [0.2, 0.25) is 0 Å². The van der Waals surface area contributed by atoms with E-state index in [2.05, 4.69) is 23.2 Å². The molecule has 1 saturated heterocycles. The van der Waals surface area contributed by atoms with E-state index in [-0.39, 0.29) is 24.8 Å². The number of nitrogens with zero attached hydrogens (tertiary/aromatic N) is 1. The molecule has 1 aromatic carbocycles. The molecule has 1 fully saturated rings. The Morgan fingerprint density at radius 1 is 1.14 bits per heavy atom. The van der Waals surface area contributed by atoms with Gasteiger partial charge in [0.1, 0.15) is 11.5 Å². The normalized spacial score (nSPS) is 16.1. The van der Waals surface area contributed by atoms with E-state index in [0.29, 0.717) is 6.04 Å². The Hall–Kier alpha value is -0.680. The molecule has 22 heavy (non-hydrogen) atoms. The zero-order valence-corrected chi connectivity index (χ0v) is 15.3. The molecule has 0 radical (unpaired) electrons. The molecule has 1 aliphatic heterocycles. The number of nitrogens with one attached hydrogen (secondary N) is 1. The first-order valence-electron chi connectivity index (χ1n) is 7.46. The monoisotopic (exact) mass is 350 g/mol. The Morgan fingerprint density at radius 3 is 2.36 bits per heavy atom. The van der Waals surface area contributed by atoms with Crippen molar-refractivity contribution in [2.75, 3.05) is 40.4 Å². The Bertz CT molecular complexity index is 427. The number of halogens is 2. The topological polar surface area (TPSA) is 33.7 Å². The van der Waals surface area contributed by atoms with Crippen molar-refractivity contribution in [2.45, 2.75) is 25.8 Å². The first-order valence-corrected chi connectivity index (χ1v) is 7.46. The van der Waals surface area contributed by atoms with Crippen molar-refractivity contribution in [3.05, 3.63) is 23.8 Å². The average molecular weight is 351 g/mol. The van der Waals surface area contributed by atoms with E-state index in [9.17, 15) is 0 Å². The highest BCUT2D eigenvalue weighted by Gasteiger charge is 2.24. The molecule has 128 valence electrons. The Kier molecular flexibility index (Phi) is 10.6. The van der Waals surface area contributed by atoms with Crippen molar-refractivity contribution >= 4 is 24.8 Å². The van der Waals surface area contributed by atoms with Crippen LogP contribution >= 0.6 is 24.8 Å². The third-order valence-electron chi connectivity index (χ3n) is 3.95. The van der Waals surface area contributed by atoms with Gasteiger partial charge in [-0.3, -0.25) is 4.90 Å². The maximum atomic E-state index is 5.58. The summed E-state index contributed by atoms with van der Waals surface area (Å²) >= 11 is 0. The van der Waals surface area contributed by atoms with Crippen molar-refractivity contribution in [3.8, 4) is 11.5 Å². The Morgan fingerprint density at radius 2 is 1.82 bits per heavy atom. The number of rotatable bonds is 6. The van der Waals surface area contributed by atoms with Crippen LogP contribution in [0, 0.1) is 0 Å². The number of hydrogen-bond donors (Lipinski definition) is 1. The van der Waals surface area contributed by atoms with E-state index < -0.39 is 0 Å². The van der Waals surface area contributed by atoms with Crippen molar-refractivity contribution in [3.63, 3.8) is 0 Å². The van der Waals surface area contributed by atoms with Crippen LogP contribution in [0.4, 0.5) is 0 Å². The molecular weight excluding hydrogens is 323 g/mol. The molecule has 0 unspecified atom stereocenters. The predicted molar refractivity (Wildman–Crippen MR) is 96.1 cm³/mol. The van der Waals surface area contributed by atoms with Gasteiger partial charge in [-0.25, -0.2) is 0 Å². The lowest BCUT2D eigenvalue weighted by Gasteiger charge is -2.35. The summed E-state index contributed by atoms with van der Waals surface area (Å²) < 4.78 is 10.9. The minimum atomic E-state index is 0. The second-order valence-corrected chi connectivity index (χ2v) is 5.20. The zero-order chi connectivity index (χ0) is 14.4. The van der Waals surface area contributed by atoms with E-state index >= 15 is 0 Å². The van der Waals surface area contributed by atoms with Crippen LogP contribution in [0.3, 0.4) is 0 Å². The SMILES string of the molecule is CCC[C@@H](c1ccc(OC)cc1OC)N1CCNCC1.Cl.Cl. The second kappa shape index (κ2) is 10.9. The average Bonchev–Trinajstić information content (AvgIpc) is 2.53. The van der Waals surface area contributed by atoms with Gasteiger partial charge < -0.3 is 14.8 Å². The van der Waals surface area contributed by atoms with Gasteiger partial charge >= 0.3 is 0 Å². The fourth-order valence-electron chi connectivity index (χ4n) is 2.90. The summed E-state index contributed by atoms with van der Waals surface area (Å²) in [5.41, 5.74) is 1.28. The molecule has 4 nitrogen and oxygen atoms in total. The molecular formula is C16H28Cl2N2O2. The van der Waals surface area contributed by atoms with E-state index in [1.54, 1.807) is 14.2 Å². The second-order valence-electron chi connectivity index (χ2n) is 5.20. The predicted octanol–water partition coefficient (Wildman–Crippen LogP) is 3.29. The molecule has 1 N–H and O–H groups in total. The van der Waals surface area contributed by atoms with Crippen LogP contribution in [0.1, 0.15) is 31.4 Å². The number of benzene rings is 1. The summed E-state index contributed by atoms with van der Waals surface area (Å²) in [6.07, 6.45) is 2.33. The van der Waals surface area contributed by atoms with Crippen molar-refractivity contribution in [1.29, 1.82) is 0 Å². The van der Waals surface area contributed by atoms with Gasteiger partial charge in [-0.05, 0) is 12.5 Å². The number of ether oxygens (including phenoxy) is 2. The van der Waals surface area contributed by atoms with E-state index in [1.165, 1.54) is 12.0 Å². The van der Waals surface area contributed by atoms with Crippen molar-refractivity contribution in [1.82, 2.24) is 10.2 Å². The van der Waals surface area contributed by atoms with Crippen LogP contribution in [0.5, 0.6) is 11.5 Å². The van der Waals surface area contributed by atoms with E-state index in [4.69, 9.17) is 9.47 Å². The third-order valence-corrected chi connectivity index (χ3v) is 3.95. The van der Waals surface area contributed by atoms with Gasteiger partial charge in [0, 0.05) is 43.9 Å². The highest BCUT2D eigenvalue weighted by molar-refractivity contribution is 5.85. The maximum absolute atomic E-state index is 5.58. The van der Waals surface area contributed by atoms with Gasteiger partial charge in [-0.1, -0.05) is 19.4 Å². The minimum Gasteiger partial charge on any atom is -0.497 e. The van der Waals surface area contributed by atoms with Gasteiger partial charge in [0.2, 0.25) is 0 Å². The molecule has 6 heteroatoms. The molecule has 1 aliphatic rings. The molecule has 0 amide bonds. The lowest BCUT2D eigenvalue weighted by molar-refractivity contribution is 0.162. The summed E-state index contributed by atoms with van der Waals surface area (Å²) in [4.78, 5) is 2.56. The molecule has 2 rings (SSSR count). The van der Waals surface area contributed by atoms with Gasteiger partial charge in [0.05, 0.1) is 14.2 Å². The van der Waals surface area contributed by atoms with Crippen molar-refractivity contribution < 1.29 is 9.47 Å². The summed E-state index contributed by atoms with van der Waals surface area (Å²) in [5, 5.41) is 3.42. The molecule has 0 saturated carbocycles. The van der Waals surface area contributed by atoms with E-state index in [0.717, 1.165) is 44.1 Å². The first kappa shape index (κ1) is 21.3. The van der Waals surface area contributed by atoms with Crippen LogP contribution in [0.15, 0.2) is 18.2 Å². The standard InChI is InChI=1S/C16H26N2O2.2ClH/c1-4-5-15(18-10-8-17-9-11-18)14-7-6-13(19-2)12-16(14)20-3;;/h6-7,12,15,17H,4-5,8-11H2,1-3H3;2*1H/t15-;;/m0../s1. The van der Waals surface area contributed by atoms with Gasteiger partial charge in [-0.15, -0.1) is 24.8 Å². The highest BCUT2D eigenvalue weighted by atomic mass is 35.5. The summed E-state index contributed by atoms with van der Waals surface area (Å²) in [6.45, 7) is 6.57. The molecule has 0 aromatic heterocycles. The maximum Gasteiger partial charge on any atom is 0.127 e. The lowest BCUT2D eigenvalue weighted by atomic mass is 9.98. The third kappa shape index (κ3) is 5.20. The summed E-state index contributed by atoms with van der Waals surface area (Å²) in [7, 11) is 3.42. The summed E-state index contributed by atoms with van der Waals surface area (Å²) in [5.74, 6) is 1.78. The van der Waals surface area contributed by atoms with Crippen LogP contribution in [0.25, 0.3) is 0 Å². The summed E-state index contributed by atoms with van der Waals surface area (Å²) in [6, 6.07) is 6.60. The van der Waals surface area contributed by atoms with Crippen LogP contribution in [-0.2, 0) is 0 Å². The van der Waals surface area contributed by atoms with E-state index in [1.807, 2.05) is 12.1 Å². The van der Waals surface area contributed by atoms with Crippen LogP contribution in [-0.4, -0.2) is 45.3 Å². The number of hydrogen-bond acceptors (Lipinski definition) is 4. The minimum absolute atomic E-state index is 0. The van der Waals surface area contributed by atoms with Gasteiger partial charge in [0.25, 0.3) is 0 Å². The number of piperazine rings is 1. The van der Waals surface area contributed by atoms with Gasteiger partial charge in [-0.2, -0.15) is 0 Å². The molecule has 1 aromatic rings. The lowest BCUT2D eigenvalue weighted by Crippen LogP contribution is -2.45. The quantitative estimate of drug-likeness (QED) is 0.853. The molecule has 0 bridgehead atoms. The fraction of sp³-hybridized carbons (Fsp3) is 0.625. The smallest absolute Gasteiger partial charge is 0.127 e. The largest absolute Gasteiger partial charge is 0.497 e. The molecule has 1 heterocycles.